The Hall–Kier alpha value is -2.57. The van der Waals surface area contributed by atoms with E-state index in [1.54, 1.807) is 0 Å². The zero-order valence-electron chi connectivity index (χ0n) is 17.2. The highest BCUT2D eigenvalue weighted by Gasteiger charge is 2.42. The third kappa shape index (κ3) is 4.38. The molecule has 1 aromatic carbocycles. The van der Waals surface area contributed by atoms with Crippen LogP contribution < -0.4 is 15.5 Å². The average Bonchev–Trinajstić information content (AvgIpc) is 3.31. The van der Waals surface area contributed by atoms with E-state index in [9.17, 15) is 9.59 Å². The minimum Gasteiger partial charge on any atom is -0.357 e. The molecular formula is C22H31N5O2. The normalized spacial score (nSPS) is 25.1. The maximum absolute atomic E-state index is 11.9. The quantitative estimate of drug-likeness (QED) is 0.601. The van der Waals surface area contributed by atoms with Gasteiger partial charge in [0.05, 0.1) is 6.54 Å². The maximum atomic E-state index is 11.9. The summed E-state index contributed by atoms with van der Waals surface area (Å²) in [5, 5.41) is 6.43. The van der Waals surface area contributed by atoms with Gasteiger partial charge in [0.2, 0.25) is 11.8 Å². The lowest BCUT2D eigenvalue weighted by Crippen LogP contribution is -2.51. The molecule has 7 nitrogen and oxygen atoms in total. The number of anilines is 1. The Morgan fingerprint density at radius 3 is 2.69 bits per heavy atom. The van der Waals surface area contributed by atoms with Crippen LogP contribution in [0.15, 0.2) is 29.3 Å². The summed E-state index contributed by atoms with van der Waals surface area (Å²) >= 11 is 0. The molecule has 1 unspecified atom stereocenters. The Morgan fingerprint density at radius 2 is 2.03 bits per heavy atom. The Kier molecular flexibility index (Phi) is 5.74. The molecule has 0 aromatic heterocycles. The van der Waals surface area contributed by atoms with Crippen LogP contribution in [-0.4, -0.2) is 55.4 Å². The number of piperidine rings is 1. The molecule has 4 rings (SSSR count). The first kappa shape index (κ1) is 19.7. The molecule has 3 aliphatic rings. The number of nitrogens with zero attached hydrogens (tertiary/aromatic N) is 3. The van der Waals surface area contributed by atoms with Crippen LogP contribution >= 0.6 is 0 Å². The molecule has 7 heteroatoms. The smallest absolute Gasteiger partial charge is 0.227 e. The van der Waals surface area contributed by atoms with E-state index in [1.807, 2.05) is 17.0 Å². The zero-order valence-corrected chi connectivity index (χ0v) is 17.2. The molecule has 3 heterocycles. The molecular weight excluding hydrogens is 366 g/mol. The van der Waals surface area contributed by atoms with E-state index in [1.165, 1.54) is 0 Å². The highest BCUT2D eigenvalue weighted by molar-refractivity contribution is 5.95. The standard InChI is InChI=1S/C22H31N5O2/c1-2-23-21(26-11-4-10-22(16-26)13-19(28)25-15-22)24-14-17-6-8-18(9-7-17)27-12-3-5-20(27)29/h6-9H,2-5,10-16H2,1H3,(H,23,24)(H,25,28). The van der Waals surface area contributed by atoms with E-state index in [-0.39, 0.29) is 17.2 Å². The third-order valence-electron chi connectivity index (χ3n) is 6.22. The van der Waals surface area contributed by atoms with Crippen molar-refractivity contribution in [1.82, 2.24) is 15.5 Å². The van der Waals surface area contributed by atoms with E-state index in [4.69, 9.17) is 4.99 Å². The summed E-state index contributed by atoms with van der Waals surface area (Å²) in [6.45, 7) is 6.92. The first-order valence-electron chi connectivity index (χ1n) is 10.8. The van der Waals surface area contributed by atoms with Crippen molar-refractivity contribution < 1.29 is 9.59 Å². The minimum atomic E-state index is 0.0510. The second-order valence-electron chi connectivity index (χ2n) is 8.46. The maximum Gasteiger partial charge on any atom is 0.227 e. The molecule has 3 fully saturated rings. The minimum absolute atomic E-state index is 0.0510. The van der Waals surface area contributed by atoms with Gasteiger partial charge < -0.3 is 20.4 Å². The van der Waals surface area contributed by atoms with Gasteiger partial charge in [-0.05, 0) is 43.9 Å². The lowest BCUT2D eigenvalue weighted by atomic mass is 9.79. The highest BCUT2D eigenvalue weighted by atomic mass is 16.2. The molecule has 3 aliphatic heterocycles. The number of benzene rings is 1. The SMILES string of the molecule is CCNC(=NCc1ccc(N2CCCC2=O)cc1)N1CCCC2(CNC(=O)C2)C1. The summed E-state index contributed by atoms with van der Waals surface area (Å²) in [4.78, 5) is 32.7. The van der Waals surface area contributed by atoms with Crippen molar-refractivity contribution in [3.05, 3.63) is 29.8 Å². The number of nitrogens with one attached hydrogen (secondary N) is 2. The highest BCUT2D eigenvalue weighted by Crippen LogP contribution is 2.36. The lowest BCUT2D eigenvalue weighted by Gasteiger charge is -2.40. The molecule has 156 valence electrons. The fourth-order valence-electron chi connectivity index (χ4n) is 4.72. The number of carbonyl (C=O) groups excluding carboxylic acids is 2. The van der Waals surface area contributed by atoms with Crippen LogP contribution in [0.3, 0.4) is 0 Å². The van der Waals surface area contributed by atoms with E-state index in [2.05, 4.69) is 34.6 Å². The second kappa shape index (κ2) is 8.43. The molecule has 1 spiro atoms. The molecule has 1 aromatic rings. The van der Waals surface area contributed by atoms with Crippen molar-refractivity contribution in [3.8, 4) is 0 Å². The summed E-state index contributed by atoms with van der Waals surface area (Å²) in [7, 11) is 0. The van der Waals surface area contributed by atoms with Crippen LogP contribution in [0.4, 0.5) is 5.69 Å². The molecule has 0 radical (unpaired) electrons. The number of guanidine groups is 1. The van der Waals surface area contributed by atoms with Crippen molar-refractivity contribution >= 4 is 23.5 Å². The number of hydrogen-bond donors (Lipinski definition) is 2. The monoisotopic (exact) mass is 397 g/mol. The van der Waals surface area contributed by atoms with Gasteiger partial charge in [-0.1, -0.05) is 12.1 Å². The van der Waals surface area contributed by atoms with E-state index >= 15 is 0 Å². The van der Waals surface area contributed by atoms with Crippen LogP contribution in [0.5, 0.6) is 0 Å². The van der Waals surface area contributed by atoms with Crippen LogP contribution in [0.2, 0.25) is 0 Å². The van der Waals surface area contributed by atoms with Gasteiger partial charge in [-0.2, -0.15) is 0 Å². The topological polar surface area (TPSA) is 77.0 Å². The Morgan fingerprint density at radius 1 is 1.21 bits per heavy atom. The third-order valence-corrected chi connectivity index (χ3v) is 6.22. The molecule has 29 heavy (non-hydrogen) atoms. The van der Waals surface area contributed by atoms with Crippen molar-refractivity contribution in [2.75, 3.05) is 37.6 Å². The van der Waals surface area contributed by atoms with Gasteiger partial charge >= 0.3 is 0 Å². The van der Waals surface area contributed by atoms with Crippen molar-refractivity contribution in [2.45, 2.75) is 45.6 Å². The van der Waals surface area contributed by atoms with Crippen LogP contribution in [0.1, 0.15) is 44.6 Å². The molecule has 3 saturated heterocycles. The second-order valence-corrected chi connectivity index (χ2v) is 8.46. The van der Waals surface area contributed by atoms with Crippen LogP contribution in [0.25, 0.3) is 0 Å². The van der Waals surface area contributed by atoms with Crippen LogP contribution in [-0.2, 0) is 16.1 Å². The van der Waals surface area contributed by atoms with Crippen LogP contribution in [0, 0.1) is 5.41 Å². The van der Waals surface area contributed by atoms with Crippen molar-refractivity contribution in [1.29, 1.82) is 0 Å². The summed E-state index contributed by atoms with van der Waals surface area (Å²) in [6, 6.07) is 8.16. The number of rotatable bonds is 4. The first-order chi connectivity index (χ1) is 14.1. The van der Waals surface area contributed by atoms with Gasteiger partial charge in [0.25, 0.3) is 0 Å². The molecule has 2 N–H and O–H groups in total. The fourth-order valence-corrected chi connectivity index (χ4v) is 4.72. The van der Waals surface area contributed by atoms with E-state index in [0.717, 1.165) is 69.2 Å². The number of aliphatic imine (C=N–C) groups is 1. The van der Waals surface area contributed by atoms with E-state index in [0.29, 0.717) is 19.4 Å². The number of carbonyl (C=O) groups is 2. The van der Waals surface area contributed by atoms with Gasteiger partial charge in [0.15, 0.2) is 5.96 Å². The fraction of sp³-hybridized carbons (Fsp3) is 0.591. The Labute approximate surface area is 172 Å². The molecule has 2 amide bonds. The summed E-state index contributed by atoms with van der Waals surface area (Å²) in [6.07, 6.45) is 4.39. The van der Waals surface area contributed by atoms with Gasteiger partial charge in [-0.25, -0.2) is 4.99 Å². The van der Waals surface area contributed by atoms with Crippen molar-refractivity contribution in [3.63, 3.8) is 0 Å². The predicted octanol–water partition coefficient (Wildman–Crippen LogP) is 1.88. The van der Waals surface area contributed by atoms with Gasteiger partial charge in [-0.15, -0.1) is 0 Å². The van der Waals surface area contributed by atoms with Gasteiger partial charge in [0.1, 0.15) is 0 Å². The predicted molar refractivity (Wildman–Crippen MR) is 114 cm³/mol. The summed E-state index contributed by atoms with van der Waals surface area (Å²) in [5.41, 5.74) is 2.15. The van der Waals surface area contributed by atoms with Gasteiger partial charge in [-0.3, -0.25) is 9.59 Å². The molecule has 0 aliphatic carbocycles. The average molecular weight is 398 g/mol. The summed E-state index contributed by atoms with van der Waals surface area (Å²) < 4.78 is 0. The number of hydrogen-bond acceptors (Lipinski definition) is 3. The number of amides is 2. The van der Waals surface area contributed by atoms with Crippen molar-refractivity contribution in [2.24, 2.45) is 10.4 Å². The Balaban J connectivity index is 1.43. The zero-order chi connectivity index (χ0) is 20.3. The number of likely N-dealkylation sites (tertiary alicyclic amines) is 1. The first-order valence-corrected chi connectivity index (χ1v) is 10.8. The summed E-state index contributed by atoms with van der Waals surface area (Å²) in [5.74, 6) is 1.30. The Bertz CT molecular complexity index is 791. The lowest BCUT2D eigenvalue weighted by molar-refractivity contribution is -0.120. The molecule has 0 saturated carbocycles. The molecule has 1 atom stereocenters. The van der Waals surface area contributed by atoms with E-state index < -0.39 is 0 Å². The largest absolute Gasteiger partial charge is 0.357 e. The van der Waals surface area contributed by atoms with Gasteiger partial charge in [0, 0.05) is 56.7 Å². The molecule has 0 bridgehead atoms.